The number of hydrogen-bond acceptors (Lipinski definition) is 3. The van der Waals surface area contributed by atoms with E-state index in [1.807, 2.05) is 12.1 Å². The van der Waals surface area contributed by atoms with E-state index in [9.17, 15) is 4.79 Å². The van der Waals surface area contributed by atoms with E-state index in [4.69, 9.17) is 0 Å². The zero-order valence-electron chi connectivity index (χ0n) is 8.24. The molecule has 1 aromatic rings. The summed E-state index contributed by atoms with van der Waals surface area (Å²) in [5, 5.41) is 3.10. The van der Waals surface area contributed by atoms with Crippen molar-refractivity contribution in [3.8, 4) is 0 Å². The van der Waals surface area contributed by atoms with Gasteiger partial charge in [-0.15, -0.1) is 0 Å². The third-order valence-electron chi connectivity index (χ3n) is 2.34. The average molecular weight is 317 g/mol. The van der Waals surface area contributed by atoms with E-state index < -0.39 is 0 Å². The molecule has 0 saturated carbocycles. The average Bonchev–Trinajstić information content (AvgIpc) is 2.44. The van der Waals surface area contributed by atoms with E-state index in [0.29, 0.717) is 6.54 Å². The van der Waals surface area contributed by atoms with Gasteiger partial charge in [0.25, 0.3) is 0 Å². The Morgan fingerprint density at radius 2 is 2.33 bits per heavy atom. The lowest BCUT2D eigenvalue weighted by Crippen LogP contribution is -2.34. The summed E-state index contributed by atoms with van der Waals surface area (Å²) in [6.45, 7) is 2.10. The SMILES string of the molecule is O=C1CNCCCN1c1ccc(I)nc1. The minimum Gasteiger partial charge on any atom is -0.310 e. The molecular formula is C10H12IN3O. The molecule has 2 rings (SSSR count). The maximum Gasteiger partial charge on any atom is 0.240 e. The summed E-state index contributed by atoms with van der Waals surface area (Å²) in [5.74, 6) is 0.121. The molecule has 15 heavy (non-hydrogen) atoms. The molecule has 1 aliphatic heterocycles. The van der Waals surface area contributed by atoms with Gasteiger partial charge in [-0.25, -0.2) is 4.98 Å². The third-order valence-corrected chi connectivity index (χ3v) is 2.97. The van der Waals surface area contributed by atoms with E-state index in [1.54, 1.807) is 11.1 Å². The Kier molecular flexibility index (Phi) is 3.53. The molecule has 5 heteroatoms. The molecule has 1 N–H and O–H groups in total. The summed E-state index contributed by atoms with van der Waals surface area (Å²) in [4.78, 5) is 17.7. The van der Waals surface area contributed by atoms with Gasteiger partial charge in [-0.3, -0.25) is 4.79 Å². The van der Waals surface area contributed by atoms with Gasteiger partial charge in [0.15, 0.2) is 0 Å². The van der Waals surface area contributed by atoms with E-state index >= 15 is 0 Å². The molecule has 0 unspecified atom stereocenters. The fourth-order valence-electron chi connectivity index (χ4n) is 1.58. The zero-order valence-corrected chi connectivity index (χ0v) is 10.4. The Bertz CT molecular complexity index is 352. The minimum absolute atomic E-state index is 0.121. The number of carbonyl (C=O) groups excluding carboxylic acids is 1. The standard InChI is InChI=1S/C10H12IN3O/c11-9-3-2-8(6-13-9)14-5-1-4-12-7-10(14)15/h2-3,6,12H,1,4-5,7H2. The summed E-state index contributed by atoms with van der Waals surface area (Å²) in [6.07, 6.45) is 2.74. The maximum atomic E-state index is 11.7. The number of hydrogen-bond donors (Lipinski definition) is 1. The van der Waals surface area contributed by atoms with Crippen molar-refractivity contribution in [3.63, 3.8) is 0 Å². The second kappa shape index (κ2) is 4.89. The number of rotatable bonds is 1. The first-order valence-electron chi connectivity index (χ1n) is 4.90. The number of anilines is 1. The highest BCUT2D eigenvalue weighted by Gasteiger charge is 2.17. The van der Waals surface area contributed by atoms with Crippen LogP contribution in [-0.2, 0) is 4.79 Å². The van der Waals surface area contributed by atoms with Crippen LogP contribution in [0.25, 0.3) is 0 Å². The highest BCUT2D eigenvalue weighted by Crippen LogP contribution is 2.15. The molecule has 1 saturated heterocycles. The first-order chi connectivity index (χ1) is 7.27. The zero-order chi connectivity index (χ0) is 10.7. The van der Waals surface area contributed by atoms with Crippen molar-refractivity contribution in [2.45, 2.75) is 6.42 Å². The molecule has 1 aromatic heterocycles. The fraction of sp³-hybridized carbons (Fsp3) is 0.400. The molecule has 0 radical (unpaired) electrons. The predicted molar refractivity (Wildman–Crippen MR) is 66.8 cm³/mol. The first-order valence-corrected chi connectivity index (χ1v) is 5.98. The maximum absolute atomic E-state index is 11.7. The Hall–Kier alpha value is -0.690. The van der Waals surface area contributed by atoms with Gasteiger partial charge in [-0.2, -0.15) is 0 Å². The quantitative estimate of drug-likeness (QED) is 0.621. The van der Waals surface area contributed by atoms with Crippen LogP contribution in [0.5, 0.6) is 0 Å². The number of nitrogens with zero attached hydrogens (tertiary/aromatic N) is 2. The number of halogens is 1. The summed E-state index contributed by atoms with van der Waals surface area (Å²) in [7, 11) is 0. The van der Waals surface area contributed by atoms with Crippen LogP contribution in [0.1, 0.15) is 6.42 Å². The van der Waals surface area contributed by atoms with Gasteiger partial charge in [0.2, 0.25) is 5.91 Å². The molecule has 80 valence electrons. The summed E-state index contributed by atoms with van der Waals surface area (Å²) in [6, 6.07) is 3.86. The van der Waals surface area contributed by atoms with E-state index in [-0.39, 0.29) is 5.91 Å². The molecule has 2 heterocycles. The van der Waals surface area contributed by atoms with Crippen LogP contribution in [0.2, 0.25) is 0 Å². The molecule has 4 nitrogen and oxygen atoms in total. The van der Waals surface area contributed by atoms with Crippen molar-refractivity contribution in [1.82, 2.24) is 10.3 Å². The molecule has 1 fully saturated rings. The van der Waals surface area contributed by atoms with E-state index in [0.717, 1.165) is 28.9 Å². The van der Waals surface area contributed by atoms with Crippen LogP contribution in [-0.4, -0.2) is 30.5 Å². The number of nitrogens with one attached hydrogen (secondary N) is 1. The van der Waals surface area contributed by atoms with E-state index in [2.05, 4.69) is 32.9 Å². The van der Waals surface area contributed by atoms with Crippen LogP contribution in [0.15, 0.2) is 18.3 Å². The van der Waals surface area contributed by atoms with Crippen LogP contribution in [0, 0.1) is 3.70 Å². The molecule has 0 aromatic carbocycles. The minimum atomic E-state index is 0.121. The van der Waals surface area contributed by atoms with Gasteiger partial charge in [0.05, 0.1) is 18.4 Å². The summed E-state index contributed by atoms with van der Waals surface area (Å²) < 4.78 is 0.941. The number of amides is 1. The monoisotopic (exact) mass is 317 g/mol. The van der Waals surface area contributed by atoms with Gasteiger partial charge in [0, 0.05) is 6.54 Å². The lowest BCUT2D eigenvalue weighted by atomic mass is 10.3. The molecule has 0 bridgehead atoms. The van der Waals surface area contributed by atoms with Gasteiger partial charge >= 0.3 is 0 Å². The van der Waals surface area contributed by atoms with Gasteiger partial charge < -0.3 is 10.2 Å². The van der Waals surface area contributed by atoms with Crippen LogP contribution < -0.4 is 10.2 Å². The molecule has 0 spiro atoms. The highest BCUT2D eigenvalue weighted by molar-refractivity contribution is 14.1. The Morgan fingerprint density at radius 3 is 3.07 bits per heavy atom. The molecular weight excluding hydrogens is 305 g/mol. The van der Waals surface area contributed by atoms with Gasteiger partial charge in [-0.05, 0) is 47.7 Å². The van der Waals surface area contributed by atoms with Crippen LogP contribution in [0.4, 0.5) is 5.69 Å². The topological polar surface area (TPSA) is 45.2 Å². The lowest BCUT2D eigenvalue weighted by molar-refractivity contribution is -0.117. The summed E-state index contributed by atoms with van der Waals surface area (Å²) >= 11 is 2.15. The molecule has 1 aliphatic rings. The molecule has 0 atom stereocenters. The van der Waals surface area contributed by atoms with Crippen molar-refractivity contribution in [2.24, 2.45) is 0 Å². The third kappa shape index (κ3) is 2.66. The van der Waals surface area contributed by atoms with Gasteiger partial charge in [0.1, 0.15) is 3.70 Å². The van der Waals surface area contributed by atoms with Crippen molar-refractivity contribution in [1.29, 1.82) is 0 Å². The van der Waals surface area contributed by atoms with Crippen LogP contribution in [0.3, 0.4) is 0 Å². The van der Waals surface area contributed by atoms with Crippen molar-refractivity contribution >= 4 is 34.2 Å². The second-order valence-electron chi connectivity index (χ2n) is 3.41. The Labute approximate surface area is 102 Å². The van der Waals surface area contributed by atoms with Crippen molar-refractivity contribution < 1.29 is 4.79 Å². The number of aromatic nitrogens is 1. The van der Waals surface area contributed by atoms with E-state index in [1.165, 1.54) is 0 Å². The van der Waals surface area contributed by atoms with Crippen molar-refractivity contribution in [2.75, 3.05) is 24.5 Å². The predicted octanol–water partition coefficient (Wildman–Crippen LogP) is 1.01. The number of pyridine rings is 1. The van der Waals surface area contributed by atoms with Crippen molar-refractivity contribution in [3.05, 3.63) is 22.0 Å². The largest absolute Gasteiger partial charge is 0.310 e. The molecule has 1 amide bonds. The smallest absolute Gasteiger partial charge is 0.240 e. The highest BCUT2D eigenvalue weighted by atomic mass is 127. The number of carbonyl (C=O) groups is 1. The first kappa shape index (κ1) is 10.8. The molecule has 0 aliphatic carbocycles. The Balaban J connectivity index is 2.20. The normalized spacial score (nSPS) is 17.7. The summed E-state index contributed by atoms with van der Waals surface area (Å²) in [5.41, 5.74) is 0.893. The van der Waals surface area contributed by atoms with Crippen LogP contribution >= 0.6 is 22.6 Å². The fourth-order valence-corrected chi connectivity index (χ4v) is 1.90. The second-order valence-corrected chi connectivity index (χ2v) is 4.52. The van der Waals surface area contributed by atoms with Gasteiger partial charge in [-0.1, -0.05) is 0 Å². The Morgan fingerprint density at radius 1 is 1.47 bits per heavy atom. The lowest BCUT2D eigenvalue weighted by Gasteiger charge is -2.19.